The Kier molecular flexibility index (Phi) is 7.42. The van der Waals surface area contributed by atoms with Crippen molar-refractivity contribution in [2.75, 3.05) is 26.2 Å². The molecule has 0 radical (unpaired) electrons. The number of nitrogens with zero attached hydrogens (tertiary/aromatic N) is 2. The Labute approximate surface area is 163 Å². The van der Waals surface area contributed by atoms with Crippen LogP contribution in [0.5, 0.6) is 0 Å². The number of aromatic nitrogens is 1. The van der Waals surface area contributed by atoms with Crippen LogP contribution in [0.1, 0.15) is 24.8 Å². The van der Waals surface area contributed by atoms with Gasteiger partial charge in [-0.3, -0.25) is 0 Å². The predicted molar refractivity (Wildman–Crippen MR) is 107 cm³/mol. The fraction of sp³-hybridized carbons (Fsp3) is 0.562. The molecule has 0 unspecified atom stereocenters. The Morgan fingerprint density at radius 1 is 1.32 bits per heavy atom. The van der Waals surface area contributed by atoms with Gasteiger partial charge in [0.2, 0.25) is 0 Å². The van der Waals surface area contributed by atoms with Crippen molar-refractivity contribution < 1.29 is 8.42 Å². The van der Waals surface area contributed by atoms with Gasteiger partial charge in [-0.1, -0.05) is 6.92 Å². The fourth-order valence-electron chi connectivity index (χ4n) is 2.90. The average molecular weight is 422 g/mol. The van der Waals surface area contributed by atoms with E-state index >= 15 is 0 Å². The molecule has 140 valence electrons. The number of piperidine rings is 1. The minimum absolute atomic E-state index is 0. The van der Waals surface area contributed by atoms with E-state index in [9.17, 15) is 8.42 Å². The van der Waals surface area contributed by atoms with E-state index < -0.39 is 10.0 Å². The number of nitrogens with one attached hydrogen (secondary N) is 1. The van der Waals surface area contributed by atoms with Gasteiger partial charge >= 0.3 is 0 Å². The molecule has 0 bridgehead atoms. The van der Waals surface area contributed by atoms with Crippen LogP contribution in [0.25, 0.3) is 10.6 Å². The summed E-state index contributed by atoms with van der Waals surface area (Å²) >= 11 is 2.90. The van der Waals surface area contributed by atoms with Gasteiger partial charge in [0, 0.05) is 18.5 Å². The molecule has 0 spiro atoms. The fourth-order valence-corrected chi connectivity index (χ4v) is 6.48. The Bertz CT molecular complexity index is 780. The molecular weight excluding hydrogens is 398 g/mol. The molecule has 25 heavy (non-hydrogen) atoms. The second-order valence-corrected chi connectivity index (χ2v) is 10.3. The Morgan fingerprint density at radius 2 is 2.04 bits per heavy atom. The molecule has 1 N–H and O–H groups in total. The number of halogens is 1. The molecule has 0 saturated carbocycles. The maximum Gasteiger partial charge on any atom is 0.252 e. The van der Waals surface area contributed by atoms with Gasteiger partial charge in [0.05, 0.1) is 15.6 Å². The third kappa shape index (κ3) is 4.81. The lowest BCUT2D eigenvalue weighted by Gasteiger charge is -2.30. The van der Waals surface area contributed by atoms with Crippen molar-refractivity contribution in [3.63, 3.8) is 0 Å². The quantitative estimate of drug-likeness (QED) is 0.773. The number of hydrogen-bond donors (Lipinski definition) is 1. The second kappa shape index (κ2) is 8.92. The van der Waals surface area contributed by atoms with Crippen LogP contribution in [-0.2, 0) is 10.0 Å². The van der Waals surface area contributed by atoms with Gasteiger partial charge in [0.15, 0.2) is 0 Å². The SMILES string of the molecule is CCNCC1CCN(S(=O)(=O)c2ccc(-c3csc(C)n3)s2)CC1.Cl. The third-order valence-corrected chi connectivity index (χ3v) is 8.55. The lowest BCUT2D eigenvalue weighted by molar-refractivity contribution is 0.269. The molecule has 1 aliphatic rings. The standard InChI is InChI=1S/C16H23N3O2S3.ClH/c1-3-17-10-13-6-8-19(9-7-13)24(20,21)16-5-4-15(23-16)14-11-22-12(2)18-14;/h4-5,11,13,17H,3,6-10H2,1-2H3;1H. The van der Waals surface area contributed by atoms with E-state index in [4.69, 9.17) is 0 Å². The van der Waals surface area contributed by atoms with Crippen LogP contribution in [0, 0.1) is 12.8 Å². The first-order valence-electron chi connectivity index (χ1n) is 8.24. The van der Waals surface area contributed by atoms with Crippen molar-refractivity contribution in [1.29, 1.82) is 0 Å². The predicted octanol–water partition coefficient (Wildman–Crippen LogP) is 3.61. The first-order valence-corrected chi connectivity index (χ1v) is 11.4. The normalized spacial score (nSPS) is 16.7. The zero-order valence-electron chi connectivity index (χ0n) is 14.4. The van der Waals surface area contributed by atoms with Crippen molar-refractivity contribution >= 4 is 45.1 Å². The molecule has 0 aliphatic carbocycles. The summed E-state index contributed by atoms with van der Waals surface area (Å²) in [7, 11) is -3.38. The van der Waals surface area contributed by atoms with Crippen LogP contribution >= 0.6 is 35.1 Å². The molecular formula is C16H24ClN3O2S3. The van der Waals surface area contributed by atoms with Gasteiger partial charge in [-0.25, -0.2) is 13.4 Å². The number of sulfonamides is 1. The highest BCUT2D eigenvalue weighted by Crippen LogP contribution is 2.34. The third-order valence-electron chi connectivity index (χ3n) is 4.30. The summed E-state index contributed by atoms with van der Waals surface area (Å²) < 4.78 is 27.8. The van der Waals surface area contributed by atoms with Crippen molar-refractivity contribution in [2.24, 2.45) is 5.92 Å². The topological polar surface area (TPSA) is 62.3 Å². The summed E-state index contributed by atoms with van der Waals surface area (Å²) in [6.45, 7) is 7.22. The van der Waals surface area contributed by atoms with Crippen LogP contribution in [0.15, 0.2) is 21.7 Å². The molecule has 3 heterocycles. The number of thiazole rings is 1. The van der Waals surface area contributed by atoms with Crippen LogP contribution in [0.2, 0.25) is 0 Å². The van der Waals surface area contributed by atoms with Gasteiger partial charge in [0.1, 0.15) is 4.21 Å². The van der Waals surface area contributed by atoms with Gasteiger partial charge in [-0.15, -0.1) is 35.1 Å². The van der Waals surface area contributed by atoms with E-state index in [0.717, 1.165) is 41.5 Å². The lowest BCUT2D eigenvalue weighted by Crippen LogP contribution is -2.40. The average Bonchev–Trinajstić information content (AvgIpc) is 3.22. The maximum atomic E-state index is 12.9. The summed E-state index contributed by atoms with van der Waals surface area (Å²) in [6.07, 6.45) is 1.85. The molecule has 1 aliphatic heterocycles. The molecule has 1 saturated heterocycles. The number of thiophene rings is 1. The summed E-state index contributed by atoms with van der Waals surface area (Å²) in [5.41, 5.74) is 0.869. The van der Waals surface area contributed by atoms with E-state index in [1.54, 1.807) is 21.7 Å². The zero-order valence-corrected chi connectivity index (χ0v) is 17.7. The monoisotopic (exact) mass is 421 g/mol. The Morgan fingerprint density at radius 3 is 2.64 bits per heavy atom. The lowest BCUT2D eigenvalue weighted by atomic mass is 9.98. The van der Waals surface area contributed by atoms with E-state index in [-0.39, 0.29) is 12.4 Å². The van der Waals surface area contributed by atoms with Crippen LogP contribution in [-0.4, -0.2) is 43.9 Å². The molecule has 1 fully saturated rings. The zero-order chi connectivity index (χ0) is 17.2. The van der Waals surface area contributed by atoms with E-state index in [1.807, 2.05) is 18.4 Å². The summed E-state index contributed by atoms with van der Waals surface area (Å²) in [4.78, 5) is 5.36. The van der Waals surface area contributed by atoms with Gasteiger partial charge < -0.3 is 5.32 Å². The minimum Gasteiger partial charge on any atom is -0.317 e. The highest BCUT2D eigenvalue weighted by atomic mass is 35.5. The van der Waals surface area contributed by atoms with Gasteiger partial charge in [0.25, 0.3) is 10.0 Å². The smallest absolute Gasteiger partial charge is 0.252 e. The van der Waals surface area contributed by atoms with Crippen LogP contribution in [0.4, 0.5) is 0 Å². The molecule has 0 amide bonds. The first kappa shape index (κ1) is 20.8. The molecule has 2 aromatic heterocycles. The summed E-state index contributed by atoms with van der Waals surface area (Å²) in [5.74, 6) is 0.577. The van der Waals surface area contributed by atoms with Crippen molar-refractivity contribution in [3.8, 4) is 10.6 Å². The number of hydrogen-bond acceptors (Lipinski definition) is 6. The largest absolute Gasteiger partial charge is 0.317 e. The van der Waals surface area contributed by atoms with Gasteiger partial charge in [-0.05, 0) is 50.9 Å². The molecule has 5 nitrogen and oxygen atoms in total. The second-order valence-electron chi connectivity index (χ2n) is 6.03. The summed E-state index contributed by atoms with van der Waals surface area (Å²) in [5, 5.41) is 6.32. The van der Waals surface area contributed by atoms with Crippen molar-refractivity contribution in [3.05, 3.63) is 22.5 Å². The maximum absolute atomic E-state index is 12.9. The minimum atomic E-state index is -3.38. The van der Waals surface area contributed by atoms with E-state index in [2.05, 4.69) is 17.2 Å². The number of rotatable bonds is 6. The Hall–Kier alpha value is -0.510. The molecule has 0 aromatic carbocycles. The van der Waals surface area contributed by atoms with Crippen molar-refractivity contribution in [1.82, 2.24) is 14.6 Å². The Balaban J connectivity index is 0.00000225. The number of aryl methyl sites for hydroxylation is 1. The van der Waals surface area contributed by atoms with E-state index in [0.29, 0.717) is 23.2 Å². The highest BCUT2D eigenvalue weighted by Gasteiger charge is 2.30. The van der Waals surface area contributed by atoms with Gasteiger partial charge in [-0.2, -0.15) is 4.31 Å². The van der Waals surface area contributed by atoms with Crippen molar-refractivity contribution in [2.45, 2.75) is 30.9 Å². The first-order chi connectivity index (χ1) is 11.5. The highest BCUT2D eigenvalue weighted by molar-refractivity contribution is 7.91. The molecule has 9 heteroatoms. The van der Waals surface area contributed by atoms with E-state index in [1.165, 1.54) is 11.3 Å². The molecule has 2 aromatic rings. The summed E-state index contributed by atoms with van der Waals surface area (Å²) in [6, 6.07) is 3.58. The molecule has 3 rings (SSSR count). The van der Waals surface area contributed by atoms with Crippen LogP contribution in [0.3, 0.4) is 0 Å². The van der Waals surface area contributed by atoms with Crippen LogP contribution < -0.4 is 5.32 Å². The molecule has 0 atom stereocenters.